The molecule has 0 radical (unpaired) electrons. The van der Waals surface area contributed by atoms with E-state index in [0.29, 0.717) is 34.7 Å². The Balaban J connectivity index is 1.42. The normalized spacial score (nSPS) is 11.1. The van der Waals surface area contributed by atoms with Crippen LogP contribution in [0.3, 0.4) is 0 Å². The Kier molecular flexibility index (Phi) is 12.1. The maximum Gasteiger partial charge on any atom is 0.263 e. The smallest absolute Gasteiger partial charge is 0.263 e. The summed E-state index contributed by atoms with van der Waals surface area (Å²) in [4.78, 5) is 29.1. The van der Waals surface area contributed by atoms with Gasteiger partial charge in [-0.05, 0) is 62.9 Å². The highest BCUT2D eigenvalue weighted by molar-refractivity contribution is 6.07. The minimum absolute atomic E-state index is 0.0292. The van der Waals surface area contributed by atoms with Crippen LogP contribution in [0.5, 0.6) is 11.5 Å². The molecule has 0 aliphatic heterocycles. The maximum absolute atomic E-state index is 14.1. The number of carbonyl (C=O) groups excluding carboxylic acids is 1. The number of nitrogens with zero attached hydrogens (tertiary/aromatic N) is 3. The SMILES string of the molecule is CCOc1cc(OC)cc(-n2cc(C(=O)N(CC)c3cc(F)cc(F)c3)c(=O)c3ccc(CCCCCCCC[n+]4ccccc4)cc32)c1. The Hall–Kier alpha value is -5.05. The van der Waals surface area contributed by atoms with Gasteiger partial charge in [0, 0.05) is 66.6 Å². The summed E-state index contributed by atoms with van der Waals surface area (Å²) < 4.78 is 43.7. The number of hydrogen-bond acceptors (Lipinski definition) is 4. The first kappa shape index (κ1) is 35.3. The fourth-order valence-electron chi connectivity index (χ4n) is 6.15. The monoisotopic (exact) mass is 668 g/mol. The van der Waals surface area contributed by atoms with Crippen LogP contribution in [-0.4, -0.2) is 30.7 Å². The Morgan fingerprint density at radius 2 is 1.53 bits per heavy atom. The zero-order chi connectivity index (χ0) is 34.8. The number of methoxy groups -OCH3 is 1. The van der Waals surface area contributed by atoms with Crippen molar-refractivity contribution >= 4 is 22.5 Å². The number of pyridine rings is 2. The molecule has 49 heavy (non-hydrogen) atoms. The lowest BCUT2D eigenvalue weighted by Crippen LogP contribution is -2.35. The van der Waals surface area contributed by atoms with Crippen molar-refractivity contribution in [2.45, 2.75) is 65.3 Å². The number of fused-ring (bicyclic) bond motifs is 1. The van der Waals surface area contributed by atoms with Crippen LogP contribution in [-0.2, 0) is 13.0 Å². The van der Waals surface area contributed by atoms with Crippen molar-refractivity contribution in [2.24, 2.45) is 0 Å². The molecule has 1 amide bonds. The summed E-state index contributed by atoms with van der Waals surface area (Å²) >= 11 is 0. The zero-order valence-corrected chi connectivity index (χ0v) is 28.5. The van der Waals surface area contributed by atoms with Gasteiger partial charge in [0.15, 0.2) is 12.4 Å². The molecule has 7 nitrogen and oxygen atoms in total. The molecule has 0 spiro atoms. The van der Waals surface area contributed by atoms with Crippen LogP contribution in [0, 0.1) is 11.6 Å². The van der Waals surface area contributed by atoms with Crippen LogP contribution in [0.4, 0.5) is 14.5 Å². The van der Waals surface area contributed by atoms with Crippen LogP contribution < -0.4 is 24.4 Å². The van der Waals surface area contributed by atoms with E-state index in [-0.39, 0.29) is 17.8 Å². The highest BCUT2D eigenvalue weighted by atomic mass is 19.1. The summed E-state index contributed by atoms with van der Waals surface area (Å²) in [7, 11) is 1.56. The van der Waals surface area contributed by atoms with Crippen molar-refractivity contribution in [2.75, 3.05) is 25.2 Å². The lowest BCUT2D eigenvalue weighted by atomic mass is 10.0. The van der Waals surface area contributed by atoms with Gasteiger partial charge in [-0.3, -0.25) is 9.59 Å². The highest BCUT2D eigenvalue weighted by Gasteiger charge is 2.23. The van der Waals surface area contributed by atoms with Crippen LogP contribution in [0.25, 0.3) is 16.6 Å². The summed E-state index contributed by atoms with van der Waals surface area (Å²) in [6.07, 6.45) is 13.4. The van der Waals surface area contributed by atoms with E-state index in [1.807, 2.05) is 37.3 Å². The van der Waals surface area contributed by atoms with Gasteiger partial charge in [0.05, 0.1) is 24.9 Å². The van der Waals surface area contributed by atoms with Gasteiger partial charge in [-0.15, -0.1) is 0 Å². The third-order valence-corrected chi connectivity index (χ3v) is 8.62. The molecule has 0 aliphatic carbocycles. The van der Waals surface area contributed by atoms with Crippen LogP contribution >= 0.6 is 0 Å². The molecule has 5 rings (SSSR count). The minimum atomic E-state index is -0.813. The number of unbranched alkanes of at least 4 members (excludes halogenated alkanes) is 5. The van der Waals surface area contributed by atoms with Crippen molar-refractivity contribution < 1.29 is 27.6 Å². The fourth-order valence-corrected chi connectivity index (χ4v) is 6.15. The van der Waals surface area contributed by atoms with Crippen molar-refractivity contribution in [3.8, 4) is 17.2 Å². The summed E-state index contributed by atoms with van der Waals surface area (Å²) in [5.74, 6) is -1.17. The lowest BCUT2D eigenvalue weighted by Gasteiger charge is -2.22. The number of ether oxygens (including phenoxy) is 2. The van der Waals surface area contributed by atoms with E-state index in [1.54, 1.807) is 30.7 Å². The number of aromatic nitrogens is 2. The second-order valence-corrected chi connectivity index (χ2v) is 12.1. The molecular weight excluding hydrogens is 624 g/mol. The number of anilines is 1. The number of rotatable bonds is 16. The molecule has 5 aromatic rings. The van der Waals surface area contributed by atoms with Crippen molar-refractivity contribution in [3.63, 3.8) is 0 Å². The van der Waals surface area contributed by atoms with E-state index in [1.165, 1.54) is 23.9 Å². The Morgan fingerprint density at radius 1 is 0.837 bits per heavy atom. The fraction of sp³-hybridized carbons (Fsp3) is 0.325. The van der Waals surface area contributed by atoms with Crippen LogP contribution in [0.1, 0.15) is 68.3 Å². The van der Waals surface area contributed by atoms with Gasteiger partial charge < -0.3 is 18.9 Å². The minimum Gasteiger partial charge on any atom is -0.497 e. The van der Waals surface area contributed by atoms with E-state index in [0.717, 1.165) is 62.4 Å². The molecule has 0 unspecified atom stereocenters. The third kappa shape index (κ3) is 8.90. The molecule has 9 heteroatoms. The van der Waals surface area contributed by atoms with E-state index in [9.17, 15) is 18.4 Å². The summed E-state index contributed by atoms with van der Waals surface area (Å²) in [6, 6.07) is 20.2. The van der Waals surface area contributed by atoms with Gasteiger partial charge in [-0.2, -0.15) is 0 Å². The third-order valence-electron chi connectivity index (χ3n) is 8.62. The molecule has 0 N–H and O–H groups in total. The van der Waals surface area contributed by atoms with Gasteiger partial charge in [-0.25, -0.2) is 13.3 Å². The molecule has 0 aliphatic rings. The van der Waals surface area contributed by atoms with Crippen LogP contribution in [0.2, 0.25) is 0 Å². The second-order valence-electron chi connectivity index (χ2n) is 12.1. The number of amides is 1. The molecule has 2 aromatic heterocycles. The van der Waals surface area contributed by atoms with Crippen molar-refractivity contribution in [1.82, 2.24) is 4.57 Å². The average molecular weight is 669 g/mol. The first-order valence-electron chi connectivity index (χ1n) is 17.0. The molecule has 256 valence electrons. The Labute approximate surface area is 286 Å². The Morgan fingerprint density at radius 3 is 2.22 bits per heavy atom. The molecule has 0 bridgehead atoms. The largest absolute Gasteiger partial charge is 0.497 e. The quantitative estimate of drug-likeness (QED) is 0.0786. The number of hydrogen-bond donors (Lipinski definition) is 0. The second kappa shape index (κ2) is 16.9. The van der Waals surface area contributed by atoms with E-state index >= 15 is 0 Å². The molecule has 0 saturated heterocycles. The number of carbonyl (C=O) groups is 1. The molecule has 0 atom stereocenters. The van der Waals surface area contributed by atoms with E-state index in [4.69, 9.17) is 9.47 Å². The van der Waals surface area contributed by atoms with Crippen molar-refractivity contribution in [3.05, 3.63) is 124 Å². The highest BCUT2D eigenvalue weighted by Crippen LogP contribution is 2.29. The number of aryl methyl sites for hydroxylation is 2. The molecule has 0 fully saturated rings. The van der Waals surface area contributed by atoms with Crippen LogP contribution in [0.15, 0.2) is 96.2 Å². The Bertz CT molecular complexity index is 1920. The lowest BCUT2D eigenvalue weighted by molar-refractivity contribution is -0.697. The summed E-state index contributed by atoms with van der Waals surface area (Å²) in [5, 5.41) is 0.355. The summed E-state index contributed by atoms with van der Waals surface area (Å²) in [5.41, 5.74) is 1.79. The topological polar surface area (TPSA) is 64.7 Å². The average Bonchev–Trinajstić information content (AvgIpc) is 3.10. The molecule has 3 aromatic carbocycles. The van der Waals surface area contributed by atoms with Gasteiger partial charge in [0.2, 0.25) is 5.43 Å². The van der Waals surface area contributed by atoms with Gasteiger partial charge in [0.25, 0.3) is 5.91 Å². The summed E-state index contributed by atoms with van der Waals surface area (Å²) in [6.45, 7) is 5.14. The number of benzene rings is 3. The first-order chi connectivity index (χ1) is 23.8. The predicted molar refractivity (Wildman–Crippen MR) is 189 cm³/mol. The van der Waals surface area contributed by atoms with Gasteiger partial charge >= 0.3 is 0 Å². The predicted octanol–water partition coefficient (Wildman–Crippen LogP) is 8.21. The molecule has 2 heterocycles. The van der Waals surface area contributed by atoms with Gasteiger partial charge in [-0.1, -0.05) is 31.4 Å². The van der Waals surface area contributed by atoms with Crippen molar-refractivity contribution in [1.29, 1.82) is 0 Å². The van der Waals surface area contributed by atoms with Gasteiger partial charge in [0.1, 0.15) is 35.2 Å². The van der Waals surface area contributed by atoms with E-state index < -0.39 is 23.0 Å². The molecular formula is C40H44F2N3O4+. The zero-order valence-electron chi connectivity index (χ0n) is 28.5. The van der Waals surface area contributed by atoms with E-state index in [2.05, 4.69) is 29.1 Å². The first-order valence-corrected chi connectivity index (χ1v) is 17.0. The number of halogens is 2. The molecule has 0 saturated carbocycles. The standard InChI is InChI=1S/C40H44F2N3O4/c1-4-44(32-23-30(41)22-31(42)24-32)40(47)37-28-45(33-25-34(48-3)27-35(26-33)49-5-2)38-21-29(16-17-36(38)39(37)46)15-11-8-6-7-9-12-18-43-19-13-10-14-20-43/h10,13-14,16-17,19-28H,4-9,11-12,15,18H2,1-3H3/q+1. The maximum atomic E-state index is 14.1.